The van der Waals surface area contributed by atoms with Crippen molar-refractivity contribution >= 4 is 33.3 Å². The molecule has 1 aliphatic carbocycles. The van der Waals surface area contributed by atoms with E-state index in [2.05, 4.69) is 38.1 Å². The zero-order chi connectivity index (χ0) is 20.9. The molecular formula is C25H32N2OS2. The third-order valence-electron chi connectivity index (χ3n) is 5.98. The maximum Gasteiger partial charge on any atom is 0.267 e. The monoisotopic (exact) mass is 440 g/mol. The zero-order valence-corrected chi connectivity index (χ0v) is 19.8. The van der Waals surface area contributed by atoms with Gasteiger partial charge >= 0.3 is 0 Å². The lowest BCUT2D eigenvalue weighted by molar-refractivity contribution is 0.659. The molecule has 0 unspecified atom stereocenters. The van der Waals surface area contributed by atoms with Gasteiger partial charge in [-0.15, -0.1) is 11.3 Å². The van der Waals surface area contributed by atoms with Gasteiger partial charge in [0.15, 0.2) is 5.16 Å². The Hall–Kier alpha value is -1.59. The van der Waals surface area contributed by atoms with Crippen LogP contribution in [0.1, 0.15) is 74.3 Å². The Morgan fingerprint density at radius 3 is 2.60 bits per heavy atom. The average molecular weight is 441 g/mol. The zero-order valence-electron chi connectivity index (χ0n) is 18.2. The second kappa shape index (κ2) is 10.1. The number of hydrogen-bond donors (Lipinski definition) is 0. The van der Waals surface area contributed by atoms with Crippen LogP contribution in [0.25, 0.3) is 15.9 Å². The van der Waals surface area contributed by atoms with Crippen LogP contribution in [0.3, 0.4) is 0 Å². The molecule has 0 atom stereocenters. The lowest BCUT2D eigenvalue weighted by Crippen LogP contribution is -2.22. The van der Waals surface area contributed by atoms with Gasteiger partial charge in [-0.2, -0.15) is 0 Å². The Labute approximate surface area is 187 Å². The molecule has 3 aromatic rings. The van der Waals surface area contributed by atoms with Gasteiger partial charge in [0.1, 0.15) is 4.83 Å². The maximum atomic E-state index is 13.8. The van der Waals surface area contributed by atoms with E-state index in [1.54, 1.807) is 23.1 Å². The van der Waals surface area contributed by atoms with Crippen molar-refractivity contribution in [1.29, 1.82) is 0 Å². The summed E-state index contributed by atoms with van der Waals surface area (Å²) in [5.41, 5.74) is 3.54. The fourth-order valence-electron chi connectivity index (χ4n) is 4.25. The summed E-state index contributed by atoms with van der Waals surface area (Å²) in [5.74, 6) is 1.01. The van der Waals surface area contributed by atoms with Gasteiger partial charge in [0.25, 0.3) is 5.56 Å². The molecule has 160 valence electrons. The fraction of sp³-hybridized carbons (Fsp3) is 0.520. The number of nitrogens with zero attached hydrogens (tertiary/aromatic N) is 2. The number of benzene rings is 1. The van der Waals surface area contributed by atoms with Crippen LogP contribution in [0.15, 0.2) is 34.2 Å². The molecule has 0 radical (unpaired) electrons. The molecule has 0 saturated heterocycles. The van der Waals surface area contributed by atoms with Gasteiger partial charge in [-0.05, 0) is 56.7 Å². The minimum absolute atomic E-state index is 0.122. The Balaban J connectivity index is 1.73. The Kier molecular flexibility index (Phi) is 7.32. The fourth-order valence-corrected chi connectivity index (χ4v) is 6.56. The van der Waals surface area contributed by atoms with Gasteiger partial charge < -0.3 is 0 Å². The number of fused-ring (bicyclic) bond motifs is 3. The molecule has 0 N–H and O–H groups in total. The molecule has 0 amide bonds. The van der Waals surface area contributed by atoms with Crippen molar-refractivity contribution in [2.75, 3.05) is 5.75 Å². The second-order valence-electron chi connectivity index (χ2n) is 8.38. The molecule has 5 heteroatoms. The molecular weight excluding hydrogens is 408 g/mol. The molecule has 1 aliphatic rings. The highest BCUT2D eigenvalue weighted by molar-refractivity contribution is 7.99. The normalized spacial score (nSPS) is 14.1. The van der Waals surface area contributed by atoms with E-state index in [1.807, 2.05) is 4.57 Å². The third kappa shape index (κ3) is 4.67. The number of unbranched alkanes of at least 4 members (excludes halogenated alkanes) is 4. The summed E-state index contributed by atoms with van der Waals surface area (Å²) < 4.78 is 1.87. The van der Waals surface area contributed by atoms with Crippen LogP contribution < -0.4 is 5.56 Å². The molecule has 0 fully saturated rings. The molecule has 0 bridgehead atoms. The van der Waals surface area contributed by atoms with E-state index >= 15 is 0 Å². The summed E-state index contributed by atoms with van der Waals surface area (Å²) in [6.45, 7) is 4.33. The first-order valence-corrected chi connectivity index (χ1v) is 13.3. The van der Waals surface area contributed by atoms with Crippen molar-refractivity contribution in [3.63, 3.8) is 0 Å². The first kappa shape index (κ1) is 21.6. The van der Waals surface area contributed by atoms with Crippen LogP contribution >= 0.6 is 23.1 Å². The lowest BCUT2D eigenvalue weighted by atomic mass is 10.1. The van der Waals surface area contributed by atoms with Gasteiger partial charge in [0.2, 0.25) is 0 Å². The molecule has 4 rings (SSSR count). The predicted octanol–water partition coefficient (Wildman–Crippen LogP) is 7.09. The number of thiophene rings is 1. The van der Waals surface area contributed by atoms with E-state index in [4.69, 9.17) is 4.98 Å². The van der Waals surface area contributed by atoms with Crippen molar-refractivity contribution < 1.29 is 0 Å². The number of aromatic nitrogens is 2. The van der Waals surface area contributed by atoms with Crippen molar-refractivity contribution in [2.24, 2.45) is 0 Å². The summed E-state index contributed by atoms with van der Waals surface area (Å²) in [5, 5.41) is 1.73. The topological polar surface area (TPSA) is 34.9 Å². The first-order chi connectivity index (χ1) is 14.7. The van der Waals surface area contributed by atoms with Gasteiger partial charge in [0.05, 0.1) is 11.1 Å². The number of thioether (sulfide) groups is 1. The third-order valence-corrected chi connectivity index (χ3v) is 8.19. The molecule has 2 heterocycles. The van der Waals surface area contributed by atoms with Crippen LogP contribution in [0, 0.1) is 6.92 Å². The standard InChI is InChI=1S/C25H32N2OS2/c1-3-4-5-6-10-17-29-25-26-23-22(20-11-8-7-9-12-21(20)30-23)24(28)27(25)19-15-13-18(2)14-16-19/h13-16H,3-12,17H2,1-2H3. The van der Waals surface area contributed by atoms with Crippen LogP contribution in [-0.2, 0) is 12.8 Å². The first-order valence-electron chi connectivity index (χ1n) is 11.5. The van der Waals surface area contributed by atoms with Crippen molar-refractivity contribution in [1.82, 2.24) is 9.55 Å². The maximum absolute atomic E-state index is 13.8. The van der Waals surface area contributed by atoms with Crippen molar-refractivity contribution in [3.05, 3.63) is 50.6 Å². The SMILES string of the molecule is CCCCCCCSc1nc2sc3c(c2c(=O)n1-c1ccc(C)cc1)CCCCC3. The highest BCUT2D eigenvalue weighted by Crippen LogP contribution is 2.34. The Morgan fingerprint density at radius 1 is 1.03 bits per heavy atom. The molecule has 3 nitrogen and oxygen atoms in total. The van der Waals surface area contributed by atoms with Gasteiger partial charge in [-0.1, -0.05) is 68.5 Å². The number of hydrogen-bond acceptors (Lipinski definition) is 4. The summed E-state index contributed by atoms with van der Waals surface area (Å²) in [6.07, 6.45) is 12.1. The lowest BCUT2D eigenvalue weighted by Gasteiger charge is -2.13. The highest BCUT2D eigenvalue weighted by atomic mass is 32.2. The smallest absolute Gasteiger partial charge is 0.267 e. The molecule has 2 aromatic heterocycles. The van der Waals surface area contributed by atoms with Crippen LogP contribution in [0.4, 0.5) is 0 Å². The minimum Gasteiger partial charge on any atom is -0.268 e. The summed E-state index contributed by atoms with van der Waals surface area (Å²) in [4.78, 5) is 21.2. The van der Waals surface area contributed by atoms with Crippen LogP contribution in [0.2, 0.25) is 0 Å². The van der Waals surface area contributed by atoms with Gasteiger partial charge in [-0.25, -0.2) is 4.98 Å². The average Bonchev–Trinajstić information content (AvgIpc) is 2.93. The molecule has 1 aromatic carbocycles. The van der Waals surface area contributed by atoms with Gasteiger partial charge in [-0.3, -0.25) is 9.36 Å². The molecule has 0 saturated carbocycles. The van der Waals surface area contributed by atoms with Crippen molar-refractivity contribution in [2.45, 2.75) is 83.2 Å². The van der Waals surface area contributed by atoms with Crippen LogP contribution in [-0.4, -0.2) is 15.3 Å². The Bertz CT molecular complexity index is 1050. The second-order valence-corrected chi connectivity index (χ2v) is 10.5. The summed E-state index contributed by atoms with van der Waals surface area (Å²) >= 11 is 3.50. The van der Waals surface area contributed by atoms with Crippen LogP contribution in [0.5, 0.6) is 0 Å². The van der Waals surface area contributed by atoms with Crippen molar-refractivity contribution in [3.8, 4) is 5.69 Å². The van der Waals surface area contributed by atoms with E-state index in [9.17, 15) is 4.79 Å². The molecule has 30 heavy (non-hydrogen) atoms. The predicted molar refractivity (Wildman–Crippen MR) is 131 cm³/mol. The largest absolute Gasteiger partial charge is 0.268 e. The van der Waals surface area contributed by atoms with E-state index in [1.165, 1.54) is 67.4 Å². The summed E-state index contributed by atoms with van der Waals surface area (Å²) in [7, 11) is 0. The quantitative estimate of drug-likeness (QED) is 0.162. The van der Waals surface area contributed by atoms with Gasteiger partial charge in [0, 0.05) is 10.6 Å². The molecule has 0 aliphatic heterocycles. The summed E-state index contributed by atoms with van der Waals surface area (Å²) in [6, 6.07) is 8.28. The number of aryl methyl sites for hydroxylation is 3. The highest BCUT2D eigenvalue weighted by Gasteiger charge is 2.22. The molecule has 0 spiro atoms. The number of rotatable bonds is 8. The van der Waals surface area contributed by atoms with E-state index in [0.717, 1.165) is 39.7 Å². The van der Waals surface area contributed by atoms with E-state index in [-0.39, 0.29) is 5.56 Å². The van der Waals surface area contributed by atoms with E-state index < -0.39 is 0 Å². The van der Waals surface area contributed by atoms with E-state index in [0.29, 0.717) is 0 Å². The minimum atomic E-state index is 0.122. The Morgan fingerprint density at radius 2 is 1.80 bits per heavy atom.